The van der Waals surface area contributed by atoms with Crippen LogP contribution in [0.3, 0.4) is 0 Å². The van der Waals surface area contributed by atoms with Crippen molar-refractivity contribution in [3.05, 3.63) is 0 Å². The maximum atomic E-state index is 9.00. The van der Waals surface area contributed by atoms with Crippen molar-refractivity contribution >= 4 is 124 Å². The summed E-state index contributed by atoms with van der Waals surface area (Å²) in [5.41, 5.74) is 0. The number of hydrogen-bond acceptors (Lipinski definition) is 1. The molecule has 0 bridgehead atoms. The first-order valence-corrected chi connectivity index (χ1v) is 0.928. The molecule has 0 heterocycles. The molecule has 0 atom stereocenters. The van der Waals surface area contributed by atoms with Gasteiger partial charge in [0.05, 0.1) is 0 Å². The topological polar surface area (TPSA) is 37.3 Å². The molecule has 4 radical (unpaired) electrons. The third-order valence-corrected chi connectivity index (χ3v) is 0. The molecule has 6 heteroatoms. The Morgan fingerprint density at radius 3 is 1.12 bits per heavy atom. The number of rotatable bonds is 0. The number of carbonyl (C=O) groups is 1. The number of hydrogen-bond donors (Lipinski definition) is 1. The van der Waals surface area contributed by atoms with Gasteiger partial charge in [-0.2, -0.15) is 0 Å². The second-order valence-corrected chi connectivity index (χ2v) is 0.519. The molecule has 2 nitrogen and oxygen atoms in total. The van der Waals surface area contributed by atoms with E-state index in [1.165, 1.54) is 0 Å². The average molecular weight is 152 g/mol. The molecule has 0 aliphatic heterocycles. The van der Waals surface area contributed by atoms with E-state index in [0.29, 0.717) is 0 Å². The van der Waals surface area contributed by atoms with E-state index < -0.39 is 5.97 Å². The summed E-state index contributed by atoms with van der Waals surface area (Å²) in [6.07, 6.45) is 0. The second kappa shape index (κ2) is 22.4. The van der Waals surface area contributed by atoms with Gasteiger partial charge in [-0.25, -0.2) is 0 Å². The van der Waals surface area contributed by atoms with E-state index >= 15 is 0 Å². The molecule has 0 aromatic rings. The molecule has 0 amide bonds. The molecule has 1 N–H and O–H groups in total. The monoisotopic (exact) mass is 152 g/mol. The number of carboxylic acids is 1. The Morgan fingerprint density at radius 2 is 1.12 bits per heavy atom. The predicted octanol–water partition coefficient (Wildman–Crippen LogP) is -1.43. The number of aliphatic carboxylic acids is 1. The summed E-state index contributed by atoms with van der Waals surface area (Å²) in [6, 6.07) is 0. The van der Waals surface area contributed by atoms with Gasteiger partial charge in [0.15, 0.2) is 0 Å². The van der Waals surface area contributed by atoms with Crippen molar-refractivity contribution < 1.29 is 9.90 Å². The van der Waals surface area contributed by atoms with Crippen LogP contribution in [0.4, 0.5) is 0 Å². The van der Waals surface area contributed by atoms with Crippen LogP contribution in [0.5, 0.6) is 0 Å². The summed E-state index contributed by atoms with van der Waals surface area (Å²) in [7, 11) is 0. The summed E-state index contributed by atoms with van der Waals surface area (Å²) < 4.78 is 0. The molecule has 0 aromatic heterocycles. The maximum absolute atomic E-state index is 9.00. The minimum atomic E-state index is -0.833. The van der Waals surface area contributed by atoms with Crippen LogP contribution >= 0.6 is 0 Å². The molecule has 0 spiro atoms. The van der Waals surface area contributed by atoms with Crippen LogP contribution in [0.1, 0.15) is 6.92 Å². The van der Waals surface area contributed by atoms with Gasteiger partial charge < -0.3 is 5.11 Å². The van der Waals surface area contributed by atoms with Gasteiger partial charge in [0.2, 0.25) is 0 Å². The molecule has 0 saturated heterocycles. The second-order valence-electron chi connectivity index (χ2n) is 0.519. The fraction of sp³-hybridized carbons (Fsp3) is 0.500. The molecule has 0 aliphatic rings. The van der Waals surface area contributed by atoms with Crippen molar-refractivity contribution in [2.75, 3.05) is 0 Å². The molecule has 8 heavy (non-hydrogen) atoms. The molecule has 0 rings (SSSR count). The zero-order chi connectivity index (χ0) is 3.58. The zero-order valence-electron chi connectivity index (χ0n) is 6.36. The van der Waals surface area contributed by atoms with Crippen molar-refractivity contribution in [2.45, 2.75) is 6.92 Å². The fourth-order valence-electron chi connectivity index (χ4n) is 0. The average Bonchev–Trinajstić information content (AvgIpc) is 0.811. The molecular weight excluding hydrogens is 148 g/mol. The van der Waals surface area contributed by atoms with Gasteiger partial charge in [-0.15, -0.1) is 0 Å². The SMILES string of the molecule is CC(=O)O.[Na].[Na].[Na].[Na]. The van der Waals surface area contributed by atoms with E-state index in [2.05, 4.69) is 0 Å². The van der Waals surface area contributed by atoms with Crippen molar-refractivity contribution in [1.29, 1.82) is 0 Å². The van der Waals surface area contributed by atoms with Crippen LogP contribution in [0.15, 0.2) is 0 Å². The molecule has 0 aliphatic carbocycles. The van der Waals surface area contributed by atoms with Crippen molar-refractivity contribution in [3.63, 3.8) is 0 Å². The summed E-state index contributed by atoms with van der Waals surface area (Å²) in [6.45, 7) is 1.08. The van der Waals surface area contributed by atoms with E-state index in [4.69, 9.17) is 9.90 Å². The largest absolute Gasteiger partial charge is 0.481 e. The molecule has 0 fully saturated rings. The van der Waals surface area contributed by atoms with Crippen molar-refractivity contribution in [3.8, 4) is 0 Å². The van der Waals surface area contributed by atoms with Crippen molar-refractivity contribution in [2.24, 2.45) is 0 Å². The molecule has 0 saturated carbocycles. The van der Waals surface area contributed by atoms with Crippen LogP contribution in [-0.4, -0.2) is 129 Å². The van der Waals surface area contributed by atoms with E-state index in [0.717, 1.165) is 6.92 Å². The predicted molar refractivity (Wildman–Crippen MR) is 36.3 cm³/mol. The number of carboxylic acid groups (broad SMARTS) is 1. The van der Waals surface area contributed by atoms with E-state index in [9.17, 15) is 0 Å². The Kier molecular flexibility index (Phi) is 84.2. The normalized spacial score (nSPS) is 3.12. The Morgan fingerprint density at radius 1 is 1.12 bits per heavy atom. The van der Waals surface area contributed by atoms with Gasteiger partial charge in [-0.3, -0.25) is 4.79 Å². The minimum absolute atomic E-state index is 0. The van der Waals surface area contributed by atoms with Gasteiger partial charge >= 0.3 is 0 Å². The minimum Gasteiger partial charge on any atom is -0.481 e. The standard InChI is InChI=1S/C2H4O2.4Na/c1-2(3)4;;;;/h1H3,(H,3,4);;;;. The Balaban J connectivity index is -0.00000000750. The fourth-order valence-corrected chi connectivity index (χ4v) is 0. The quantitative estimate of drug-likeness (QED) is 0.432. The Bertz CT molecular complexity index is 35.0. The van der Waals surface area contributed by atoms with E-state index in [1.807, 2.05) is 0 Å². The summed E-state index contributed by atoms with van der Waals surface area (Å²) in [4.78, 5) is 9.00. The smallest absolute Gasteiger partial charge is 0.300 e. The summed E-state index contributed by atoms with van der Waals surface area (Å²) in [5.74, 6) is -0.833. The Hall–Kier alpha value is 3.47. The van der Waals surface area contributed by atoms with E-state index in [1.54, 1.807) is 0 Å². The van der Waals surface area contributed by atoms with Gasteiger partial charge in [0.1, 0.15) is 0 Å². The van der Waals surface area contributed by atoms with Gasteiger partial charge in [-0.05, 0) is 0 Å². The van der Waals surface area contributed by atoms with E-state index in [-0.39, 0.29) is 118 Å². The first kappa shape index (κ1) is 30.0. The van der Waals surface area contributed by atoms with Gasteiger partial charge in [0.25, 0.3) is 5.97 Å². The molecule has 0 aromatic carbocycles. The molecule has 28 valence electrons. The molecular formula is C2H4Na4O2. The van der Waals surface area contributed by atoms with Crippen LogP contribution in [0.2, 0.25) is 0 Å². The third-order valence-electron chi connectivity index (χ3n) is 0. The van der Waals surface area contributed by atoms with Gasteiger partial charge in [0, 0.05) is 125 Å². The van der Waals surface area contributed by atoms with Crippen LogP contribution in [0, 0.1) is 0 Å². The summed E-state index contributed by atoms with van der Waals surface area (Å²) >= 11 is 0. The summed E-state index contributed by atoms with van der Waals surface area (Å²) in [5, 5.41) is 7.42. The van der Waals surface area contributed by atoms with Crippen molar-refractivity contribution in [1.82, 2.24) is 0 Å². The third kappa shape index (κ3) is 56.4. The Labute approximate surface area is 138 Å². The molecule has 0 unspecified atom stereocenters. The first-order valence-electron chi connectivity index (χ1n) is 0.928. The van der Waals surface area contributed by atoms with Crippen LogP contribution < -0.4 is 0 Å². The van der Waals surface area contributed by atoms with Crippen LogP contribution in [-0.2, 0) is 4.79 Å². The zero-order valence-corrected chi connectivity index (χ0v) is 14.4. The van der Waals surface area contributed by atoms with Crippen LogP contribution in [0.25, 0.3) is 0 Å². The van der Waals surface area contributed by atoms with Gasteiger partial charge in [-0.1, -0.05) is 0 Å². The first-order chi connectivity index (χ1) is 1.73. The maximum Gasteiger partial charge on any atom is 0.300 e.